The Balaban J connectivity index is 1.30. The van der Waals surface area contributed by atoms with Crippen LogP contribution in [0.2, 0.25) is 0 Å². The van der Waals surface area contributed by atoms with E-state index in [2.05, 4.69) is 9.97 Å². The average molecular weight is 507 g/mol. The van der Waals surface area contributed by atoms with Crippen LogP contribution in [0.4, 0.5) is 5.69 Å². The maximum atomic E-state index is 13.2. The molecule has 2 aliphatic rings. The second kappa shape index (κ2) is 10.6. The fraction of sp³-hybridized carbons (Fsp3) is 0.500. The second-order valence-electron chi connectivity index (χ2n) is 8.50. The Kier molecular flexibility index (Phi) is 7.57. The molecule has 2 fully saturated rings. The van der Waals surface area contributed by atoms with Crippen molar-refractivity contribution in [3.05, 3.63) is 52.5 Å². The number of hydrogen-bond acceptors (Lipinski definition) is 10. The standard InChI is InChI=1S/C22H26N4O8S/c1-32-21-13-23-12-19(24-21)20-10-11-33-25(20)22(27)16-4-2-15(3-5-16)14-34-35(30,31)18-8-6-17(7-9-18)26(28)29/h6-9,12-13,15-16,20H,2-5,10-11,14H2,1H3/t15?,16?,20-/m0/s1. The maximum absolute atomic E-state index is 13.2. The third-order valence-electron chi connectivity index (χ3n) is 6.29. The minimum Gasteiger partial charge on any atom is -0.480 e. The summed E-state index contributed by atoms with van der Waals surface area (Å²) in [5, 5.41) is 12.1. The average Bonchev–Trinajstić information content (AvgIpc) is 3.37. The van der Waals surface area contributed by atoms with Crippen LogP contribution < -0.4 is 4.74 Å². The number of nitro groups is 1. The molecule has 1 aromatic heterocycles. The number of carbonyl (C=O) groups is 1. The molecule has 1 aliphatic carbocycles. The van der Waals surface area contributed by atoms with Gasteiger partial charge in [0.1, 0.15) is 6.04 Å². The summed E-state index contributed by atoms with van der Waals surface area (Å²) < 4.78 is 35.2. The van der Waals surface area contributed by atoms with Crippen molar-refractivity contribution in [1.29, 1.82) is 0 Å². The van der Waals surface area contributed by atoms with E-state index in [-0.39, 0.29) is 41.0 Å². The van der Waals surface area contributed by atoms with Gasteiger partial charge in [0, 0.05) is 24.5 Å². The van der Waals surface area contributed by atoms with Gasteiger partial charge in [0.2, 0.25) is 11.8 Å². The second-order valence-corrected chi connectivity index (χ2v) is 10.1. The van der Waals surface area contributed by atoms with Crippen LogP contribution in [0.25, 0.3) is 0 Å². The molecule has 1 atom stereocenters. The Morgan fingerprint density at radius 1 is 1.17 bits per heavy atom. The Labute approximate surface area is 202 Å². The van der Waals surface area contributed by atoms with Gasteiger partial charge in [-0.2, -0.15) is 8.42 Å². The molecule has 2 heterocycles. The lowest BCUT2D eigenvalue weighted by atomic mass is 9.82. The molecular formula is C22H26N4O8S. The number of methoxy groups -OCH3 is 1. The number of aromatic nitrogens is 2. The highest BCUT2D eigenvalue weighted by Crippen LogP contribution is 2.36. The number of benzene rings is 1. The van der Waals surface area contributed by atoms with Crippen LogP contribution in [0.15, 0.2) is 41.6 Å². The predicted molar refractivity (Wildman–Crippen MR) is 120 cm³/mol. The fourth-order valence-corrected chi connectivity index (χ4v) is 5.30. The smallest absolute Gasteiger partial charge is 0.296 e. The molecule has 0 unspecified atom stereocenters. The van der Waals surface area contributed by atoms with Gasteiger partial charge in [-0.25, -0.2) is 10.0 Å². The van der Waals surface area contributed by atoms with Crippen LogP contribution in [-0.2, 0) is 23.9 Å². The van der Waals surface area contributed by atoms with E-state index in [0.29, 0.717) is 50.3 Å². The summed E-state index contributed by atoms with van der Waals surface area (Å²) in [4.78, 5) is 37.3. The summed E-state index contributed by atoms with van der Waals surface area (Å²) in [6.07, 6.45) is 6.13. The van der Waals surface area contributed by atoms with Gasteiger partial charge in [0.25, 0.3) is 15.8 Å². The molecule has 4 rings (SSSR count). The molecule has 12 nitrogen and oxygen atoms in total. The van der Waals surface area contributed by atoms with E-state index >= 15 is 0 Å². The summed E-state index contributed by atoms with van der Waals surface area (Å²) in [6, 6.07) is 4.22. The monoisotopic (exact) mass is 506 g/mol. The van der Waals surface area contributed by atoms with Gasteiger partial charge >= 0.3 is 0 Å². The normalized spacial score (nSPS) is 22.7. The van der Waals surface area contributed by atoms with Crippen molar-refractivity contribution in [2.24, 2.45) is 11.8 Å². The Morgan fingerprint density at radius 2 is 1.89 bits per heavy atom. The fourth-order valence-electron chi connectivity index (χ4n) is 4.32. The maximum Gasteiger partial charge on any atom is 0.296 e. The van der Waals surface area contributed by atoms with Crippen molar-refractivity contribution >= 4 is 21.7 Å². The summed E-state index contributed by atoms with van der Waals surface area (Å²) >= 11 is 0. The zero-order valence-electron chi connectivity index (χ0n) is 19.1. The molecule has 0 N–H and O–H groups in total. The number of nitrogens with zero attached hydrogens (tertiary/aromatic N) is 4. The lowest BCUT2D eigenvalue weighted by molar-refractivity contribution is -0.384. The highest BCUT2D eigenvalue weighted by Gasteiger charge is 2.38. The first kappa shape index (κ1) is 24.9. The van der Waals surface area contributed by atoms with Crippen LogP contribution in [0.5, 0.6) is 5.88 Å². The van der Waals surface area contributed by atoms with E-state index in [0.717, 1.165) is 24.3 Å². The lowest BCUT2D eigenvalue weighted by Gasteiger charge is -2.31. The lowest BCUT2D eigenvalue weighted by Crippen LogP contribution is -2.37. The van der Waals surface area contributed by atoms with E-state index in [9.17, 15) is 23.3 Å². The van der Waals surface area contributed by atoms with Crippen molar-refractivity contribution in [2.45, 2.75) is 43.0 Å². The van der Waals surface area contributed by atoms with Crippen molar-refractivity contribution in [3.8, 4) is 5.88 Å². The summed E-state index contributed by atoms with van der Waals surface area (Å²) in [5.74, 6) is -0.0101. The summed E-state index contributed by atoms with van der Waals surface area (Å²) in [7, 11) is -2.53. The third kappa shape index (κ3) is 5.74. The molecule has 0 radical (unpaired) electrons. The van der Waals surface area contributed by atoms with Gasteiger partial charge in [0.05, 0.1) is 48.2 Å². The van der Waals surface area contributed by atoms with E-state index in [4.69, 9.17) is 13.8 Å². The Bertz CT molecular complexity index is 1170. The minimum absolute atomic E-state index is 0.0114. The quantitative estimate of drug-likeness (QED) is 0.297. The van der Waals surface area contributed by atoms with Crippen LogP contribution in [-0.4, -0.2) is 54.6 Å². The number of ether oxygens (including phenoxy) is 1. The number of non-ortho nitro benzene ring substituents is 1. The van der Waals surface area contributed by atoms with Gasteiger partial charge in [-0.15, -0.1) is 0 Å². The van der Waals surface area contributed by atoms with Gasteiger partial charge in [-0.1, -0.05) is 0 Å². The first-order chi connectivity index (χ1) is 16.8. The first-order valence-corrected chi connectivity index (χ1v) is 12.6. The molecular weight excluding hydrogens is 480 g/mol. The number of nitro benzene ring substituents is 1. The number of hydroxylamine groups is 2. The molecule has 1 aromatic carbocycles. The van der Waals surface area contributed by atoms with E-state index in [1.165, 1.54) is 18.4 Å². The molecule has 1 aliphatic heterocycles. The number of rotatable bonds is 8. The highest BCUT2D eigenvalue weighted by molar-refractivity contribution is 7.86. The first-order valence-electron chi connectivity index (χ1n) is 11.2. The van der Waals surface area contributed by atoms with Crippen molar-refractivity contribution in [1.82, 2.24) is 15.0 Å². The SMILES string of the molecule is COc1cncc([C@@H]2CCON2C(=O)C2CCC(COS(=O)(=O)c3ccc([N+](=O)[O-])cc3)CC2)n1. The van der Waals surface area contributed by atoms with E-state index in [1.807, 2.05) is 0 Å². The zero-order chi connectivity index (χ0) is 25.0. The topological polar surface area (TPSA) is 151 Å². The van der Waals surface area contributed by atoms with Gasteiger partial charge < -0.3 is 4.74 Å². The van der Waals surface area contributed by atoms with Crippen LogP contribution in [0, 0.1) is 22.0 Å². The van der Waals surface area contributed by atoms with Crippen molar-refractivity contribution in [2.75, 3.05) is 20.3 Å². The van der Waals surface area contributed by atoms with Crippen molar-refractivity contribution in [3.63, 3.8) is 0 Å². The van der Waals surface area contributed by atoms with Gasteiger partial charge in [0.15, 0.2) is 0 Å². The van der Waals surface area contributed by atoms with Crippen molar-refractivity contribution < 1.29 is 31.9 Å². The number of carbonyl (C=O) groups excluding carboxylic acids is 1. The zero-order valence-corrected chi connectivity index (χ0v) is 19.9. The number of amides is 1. The van der Waals surface area contributed by atoms with Gasteiger partial charge in [-0.3, -0.25) is 28.9 Å². The molecule has 1 saturated heterocycles. The van der Waals surface area contributed by atoms with Crippen LogP contribution >= 0.6 is 0 Å². The summed E-state index contributed by atoms with van der Waals surface area (Å²) in [6.45, 7) is 0.390. The number of hydrogen-bond donors (Lipinski definition) is 0. The molecule has 1 amide bonds. The Morgan fingerprint density at radius 3 is 2.54 bits per heavy atom. The molecule has 13 heteroatoms. The third-order valence-corrected chi connectivity index (χ3v) is 7.59. The molecule has 0 spiro atoms. The molecule has 1 saturated carbocycles. The molecule has 2 aromatic rings. The van der Waals surface area contributed by atoms with E-state index < -0.39 is 15.0 Å². The van der Waals surface area contributed by atoms with Crippen LogP contribution in [0.3, 0.4) is 0 Å². The Hall–Kier alpha value is -3.16. The largest absolute Gasteiger partial charge is 0.480 e. The van der Waals surface area contributed by atoms with Crippen LogP contribution in [0.1, 0.15) is 43.8 Å². The summed E-state index contributed by atoms with van der Waals surface area (Å²) in [5.41, 5.74) is 0.406. The molecule has 35 heavy (non-hydrogen) atoms. The highest BCUT2D eigenvalue weighted by atomic mass is 32.2. The molecule has 188 valence electrons. The minimum atomic E-state index is -4.03. The van der Waals surface area contributed by atoms with E-state index in [1.54, 1.807) is 6.20 Å². The predicted octanol–water partition coefficient (Wildman–Crippen LogP) is 2.81. The van der Waals surface area contributed by atoms with Gasteiger partial charge in [-0.05, 0) is 43.7 Å². The molecule has 0 bridgehead atoms.